The highest BCUT2D eigenvalue weighted by Crippen LogP contribution is 2.38. The summed E-state index contributed by atoms with van der Waals surface area (Å²) < 4.78 is 0. The fourth-order valence-electron chi connectivity index (χ4n) is 4.08. The number of aromatic nitrogens is 3. The van der Waals surface area contributed by atoms with Crippen molar-refractivity contribution >= 4 is 58.3 Å². The van der Waals surface area contributed by atoms with Crippen LogP contribution in [0, 0.1) is 10.1 Å². The van der Waals surface area contributed by atoms with Crippen molar-refractivity contribution in [1.29, 1.82) is 0 Å². The molecule has 2 aromatic carbocycles. The summed E-state index contributed by atoms with van der Waals surface area (Å²) >= 11 is 12.6. The summed E-state index contributed by atoms with van der Waals surface area (Å²) in [4.78, 5) is 48.1. The second kappa shape index (κ2) is 10.5. The summed E-state index contributed by atoms with van der Waals surface area (Å²) in [6, 6.07) is 12.7. The molecule has 1 aliphatic heterocycles. The maximum absolute atomic E-state index is 12.6. The summed E-state index contributed by atoms with van der Waals surface area (Å²) in [6.45, 7) is 0.713. The Morgan fingerprint density at radius 1 is 0.923 bits per heavy atom. The molecule has 39 heavy (non-hydrogen) atoms. The Bertz CT molecular complexity index is 1660. The first-order valence-corrected chi connectivity index (χ1v) is 12.2. The van der Waals surface area contributed by atoms with E-state index in [0.29, 0.717) is 51.3 Å². The van der Waals surface area contributed by atoms with Crippen LogP contribution in [0.5, 0.6) is 0 Å². The molecule has 0 bridgehead atoms. The Labute approximate surface area is 230 Å². The zero-order valence-electron chi connectivity index (χ0n) is 19.9. The lowest BCUT2D eigenvalue weighted by molar-refractivity contribution is -0.384. The number of carbonyl (C=O) groups excluding carboxylic acids is 2. The van der Waals surface area contributed by atoms with Crippen LogP contribution >= 0.6 is 23.2 Å². The minimum atomic E-state index is -0.604. The molecular formula is C25H18Cl2N8O4. The summed E-state index contributed by atoms with van der Waals surface area (Å²) in [5.41, 5.74) is 7.80. The van der Waals surface area contributed by atoms with Crippen LogP contribution < -0.4 is 21.7 Å². The van der Waals surface area contributed by atoms with Crippen LogP contribution in [-0.4, -0.2) is 44.8 Å². The lowest BCUT2D eigenvalue weighted by Gasteiger charge is -2.15. The molecular weight excluding hydrogens is 547 g/mol. The number of benzene rings is 2. The smallest absolute Gasteiger partial charge is 0.311 e. The molecule has 0 saturated carbocycles. The van der Waals surface area contributed by atoms with Gasteiger partial charge in [0.25, 0.3) is 11.8 Å². The number of hydrogen-bond donors (Lipinski definition) is 4. The van der Waals surface area contributed by atoms with Crippen molar-refractivity contribution in [1.82, 2.24) is 20.3 Å². The average molecular weight is 565 g/mol. The van der Waals surface area contributed by atoms with Crippen molar-refractivity contribution in [3.8, 4) is 22.4 Å². The number of pyridine rings is 1. The lowest BCUT2D eigenvalue weighted by atomic mass is 9.94. The number of imide groups is 1. The van der Waals surface area contributed by atoms with Gasteiger partial charge in [-0.25, -0.2) is 15.0 Å². The number of anilines is 3. The first-order chi connectivity index (χ1) is 18.7. The van der Waals surface area contributed by atoms with Crippen molar-refractivity contribution in [3.05, 3.63) is 86.0 Å². The van der Waals surface area contributed by atoms with E-state index in [9.17, 15) is 19.7 Å². The van der Waals surface area contributed by atoms with Crippen LogP contribution in [0.4, 0.5) is 23.3 Å². The van der Waals surface area contributed by atoms with Gasteiger partial charge in [0.05, 0.1) is 26.8 Å². The van der Waals surface area contributed by atoms with Crippen LogP contribution in [0.3, 0.4) is 0 Å². The van der Waals surface area contributed by atoms with E-state index in [-0.39, 0.29) is 28.6 Å². The first kappa shape index (κ1) is 25.8. The van der Waals surface area contributed by atoms with Crippen molar-refractivity contribution < 1.29 is 14.5 Å². The van der Waals surface area contributed by atoms with Gasteiger partial charge < -0.3 is 16.4 Å². The molecule has 5 rings (SSSR count). The van der Waals surface area contributed by atoms with Gasteiger partial charge in [-0.2, -0.15) is 0 Å². The topological polar surface area (TPSA) is 178 Å². The molecule has 0 fully saturated rings. The second-order valence-corrected chi connectivity index (χ2v) is 9.15. The molecule has 5 N–H and O–H groups in total. The van der Waals surface area contributed by atoms with E-state index in [4.69, 9.17) is 28.9 Å². The predicted octanol–water partition coefficient (Wildman–Crippen LogP) is 4.41. The van der Waals surface area contributed by atoms with Gasteiger partial charge >= 0.3 is 5.69 Å². The van der Waals surface area contributed by atoms with Gasteiger partial charge in [0, 0.05) is 41.5 Å². The fourth-order valence-corrected chi connectivity index (χ4v) is 4.58. The van der Waals surface area contributed by atoms with Crippen LogP contribution in [0.25, 0.3) is 22.4 Å². The van der Waals surface area contributed by atoms with Crippen molar-refractivity contribution in [2.45, 2.75) is 0 Å². The number of fused-ring (bicyclic) bond motifs is 1. The molecule has 2 amide bonds. The first-order valence-electron chi connectivity index (χ1n) is 11.4. The Kier molecular flexibility index (Phi) is 6.96. The number of carbonyl (C=O) groups is 2. The second-order valence-electron chi connectivity index (χ2n) is 8.30. The van der Waals surface area contributed by atoms with E-state index >= 15 is 0 Å². The van der Waals surface area contributed by atoms with Gasteiger partial charge in [0.1, 0.15) is 5.82 Å². The lowest BCUT2D eigenvalue weighted by Crippen LogP contribution is -2.20. The molecule has 0 saturated heterocycles. The van der Waals surface area contributed by atoms with Crippen LogP contribution in [-0.2, 0) is 0 Å². The van der Waals surface area contributed by atoms with Crippen LogP contribution in [0.15, 0.2) is 54.7 Å². The van der Waals surface area contributed by atoms with Gasteiger partial charge in [-0.15, -0.1) is 0 Å². The van der Waals surface area contributed by atoms with Gasteiger partial charge in [-0.05, 0) is 35.9 Å². The van der Waals surface area contributed by atoms with Crippen molar-refractivity contribution in [3.63, 3.8) is 0 Å². The van der Waals surface area contributed by atoms with E-state index in [1.54, 1.807) is 42.6 Å². The largest absolute Gasteiger partial charge is 0.378 e. The molecule has 4 aromatic rings. The maximum atomic E-state index is 12.6. The minimum Gasteiger partial charge on any atom is -0.378 e. The molecule has 0 radical (unpaired) electrons. The maximum Gasteiger partial charge on any atom is 0.311 e. The molecule has 0 atom stereocenters. The molecule has 1 aliphatic rings. The number of nitrogens with two attached hydrogens (primary N) is 1. The quantitative estimate of drug-likeness (QED) is 0.104. The van der Waals surface area contributed by atoms with Gasteiger partial charge in [-0.1, -0.05) is 35.3 Å². The van der Waals surface area contributed by atoms with Crippen molar-refractivity contribution in [2.24, 2.45) is 0 Å². The van der Waals surface area contributed by atoms with E-state index in [1.165, 1.54) is 12.1 Å². The number of nitro groups is 1. The van der Waals surface area contributed by atoms with E-state index in [1.807, 2.05) is 0 Å². The third kappa shape index (κ3) is 5.15. The highest BCUT2D eigenvalue weighted by Gasteiger charge is 2.31. The molecule has 12 nitrogen and oxygen atoms in total. The number of nitrogens with one attached hydrogen (secondary N) is 3. The highest BCUT2D eigenvalue weighted by atomic mass is 35.5. The zero-order chi connectivity index (χ0) is 27.7. The van der Waals surface area contributed by atoms with Gasteiger partial charge in [-0.3, -0.25) is 25.0 Å². The number of amides is 2. The Hall–Kier alpha value is -4.81. The summed E-state index contributed by atoms with van der Waals surface area (Å²) in [5, 5.41) is 20.1. The molecule has 14 heteroatoms. The molecule has 2 aromatic heterocycles. The Morgan fingerprint density at radius 2 is 1.69 bits per heavy atom. The normalized spacial score (nSPS) is 12.2. The monoisotopic (exact) mass is 564 g/mol. The number of nitrogen functional groups attached to an aromatic ring is 1. The number of hydrogen-bond acceptors (Lipinski definition) is 10. The number of nitrogens with zero attached hydrogens (tertiary/aromatic N) is 4. The standard InChI is InChI=1S/C25H18Cl2N8O4/c26-12-4-5-14(17(27)10-12)21-16(13-2-1-3-15-20(13)24(37)34-23(15)36)11-31-25(33-21)30-9-8-29-19-7-6-18(35(38)39)22(28)32-19/h1-7,10-11H,8-9H2,(H3,28,29,32)(H,30,31,33)(H,34,36,37). The SMILES string of the molecule is Nc1nc(NCCNc2ncc(-c3cccc4c3C(=O)NC4=O)c(-c3ccc(Cl)cc3Cl)n2)ccc1[N+](=O)[O-]. The van der Waals surface area contributed by atoms with E-state index in [0.717, 1.165) is 0 Å². The number of halogens is 2. The Balaban J connectivity index is 1.43. The predicted molar refractivity (Wildman–Crippen MR) is 147 cm³/mol. The number of rotatable bonds is 8. The Morgan fingerprint density at radius 3 is 2.44 bits per heavy atom. The zero-order valence-corrected chi connectivity index (χ0v) is 21.4. The molecule has 0 spiro atoms. The summed E-state index contributed by atoms with van der Waals surface area (Å²) in [7, 11) is 0. The van der Waals surface area contributed by atoms with Crippen molar-refractivity contribution in [2.75, 3.05) is 29.5 Å². The van der Waals surface area contributed by atoms with E-state index in [2.05, 4.69) is 30.9 Å². The summed E-state index contributed by atoms with van der Waals surface area (Å²) in [6.07, 6.45) is 1.55. The molecule has 0 aliphatic carbocycles. The van der Waals surface area contributed by atoms with Crippen LogP contribution in [0.2, 0.25) is 10.0 Å². The summed E-state index contributed by atoms with van der Waals surface area (Å²) in [5.74, 6) is -0.531. The van der Waals surface area contributed by atoms with Crippen LogP contribution in [0.1, 0.15) is 20.7 Å². The van der Waals surface area contributed by atoms with Gasteiger partial charge in [0.15, 0.2) is 0 Å². The average Bonchev–Trinajstić information content (AvgIpc) is 3.20. The highest BCUT2D eigenvalue weighted by molar-refractivity contribution is 6.36. The van der Waals surface area contributed by atoms with E-state index < -0.39 is 16.7 Å². The third-order valence-corrected chi connectivity index (χ3v) is 6.39. The minimum absolute atomic E-state index is 0.191. The molecule has 3 heterocycles. The fraction of sp³-hybridized carbons (Fsp3) is 0.0800. The third-order valence-electron chi connectivity index (χ3n) is 5.84. The molecule has 196 valence electrons. The molecule has 0 unspecified atom stereocenters. The van der Waals surface area contributed by atoms with Gasteiger partial charge in [0.2, 0.25) is 11.8 Å².